The highest BCUT2D eigenvalue weighted by Crippen LogP contribution is 2.09. The Bertz CT molecular complexity index is 656. The Morgan fingerprint density at radius 2 is 1.78 bits per heavy atom. The first-order chi connectivity index (χ1) is 11.2. The summed E-state index contributed by atoms with van der Waals surface area (Å²) in [5, 5.41) is 6.86. The van der Waals surface area contributed by atoms with Gasteiger partial charge < -0.3 is 15.4 Å². The number of carbonyl (C=O) groups excluding carboxylic acids is 3. The fourth-order valence-corrected chi connectivity index (χ4v) is 2.33. The topological polar surface area (TPSA) is 84.5 Å². The number of hydrogen-bond acceptors (Lipinski definition) is 5. The van der Waals surface area contributed by atoms with Crippen molar-refractivity contribution in [3.63, 3.8) is 0 Å². The second-order valence-electron chi connectivity index (χ2n) is 4.51. The van der Waals surface area contributed by atoms with Gasteiger partial charge in [-0.2, -0.15) is 0 Å². The van der Waals surface area contributed by atoms with Crippen LogP contribution < -0.4 is 10.6 Å². The van der Waals surface area contributed by atoms with Crippen molar-refractivity contribution in [2.24, 2.45) is 0 Å². The Balaban J connectivity index is 1.60. The van der Waals surface area contributed by atoms with Gasteiger partial charge in [0.05, 0.1) is 13.1 Å². The van der Waals surface area contributed by atoms with Gasteiger partial charge in [0.2, 0.25) is 5.91 Å². The number of hydrogen-bond donors (Lipinski definition) is 2. The maximum atomic E-state index is 11.7. The molecule has 0 aliphatic heterocycles. The van der Waals surface area contributed by atoms with Crippen LogP contribution in [0, 0.1) is 0 Å². The molecule has 2 N–H and O–H groups in total. The summed E-state index contributed by atoms with van der Waals surface area (Å²) in [5.74, 6) is -1.07. The van der Waals surface area contributed by atoms with Crippen molar-refractivity contribution in [1.29, 1.82) is 0 Å². The minimum absolute atomic E-state index is 0.0785. The Labute approximate surface area is 137 Å². The summed E-state index contributed by atoms with van der Waals surface area (Å²) < 4.78 is 5.00. The first-order valence-electron chi connectivity index (χ1n) is 6.97. The fourth-order valence-electron chi connectivity index (χ4n) is 1.71. The first-order valence-corrected chi connectivity index (χ1v) is 7.85. The smallest absolute Gasteiger partial charge is 0.348 e. The second-order valence-corrected chi connectivity index (χ2v) is 5.46. The number of esters is 1. The highest BCUT2D eigenvalue weighted by molar-refractivity contribution is 7.11. The van der Waals surface area contributed by atoms with Crippen molar-refractivity contribution in [1.82, 2.24) is 10.6 Å². The lowest BCUT2D eigenvalue weighted by molar-refractivity contribution is -0.120. The SMILES string of the molecule is O=C(CNC(=O)c1ccccc1)NCCOC(=O)c1cccs1. The number of amides is 2. The highest BCUT2D eigenvalue weighted by Gasteiger charge is 2.09. The summed E-state index contributed by atoms with van der Waals surface area (Å²) in [6.07, 6.45) is 0. The van der Waals surface area contributed by atoms with E-state index in [9.17, 15) is 14.4 Å². The van der Waals surface area contributed by atoms with E-state index in [0.717, 1.165) is 0 Å². The summed E-state index contributed by atoms with van der Waals surface area (Å²) >= 11 is 1.30. The van der Waals surface area contributed by atoms with Crippen LogP contribution in [0.4, 0.5) is 0 Å². The number of thiophene rings is 1. The number of nitrogens with one attached hydrogen (secondary N) is 2. The van der Waals surface area contributed by atoms with Gasteiger partial charge in [-0.15, -0.1) is 11.3 Å². The molecule has 120 valence electrons. The average molecular weight is 332 g/mol. The summed E-state index contributed by atoms with van der Waals surface area (Å²) in [5.41, 5.74) is 0.491. The minimum Gasteiger partial charge on any atom is -0.460 e. The molecule has 23 heavy (non-hydrogen) atoms. The van der Waals surface area contributed by atoms with Gasteiger partial charge in [-0.3, -0.25) is 9.59 Å². The van der Waals surface area contributed by atoms with Crippen LogP contribution in [-0.2, 0) is 9.53 Å². The zero-order valence-corrected chi connectivity index (χ0v) is 13.1. The molecular formula is C16H16N2O4S. The zero-order chi connectivity index (χ0) is 16.5. The molecule has 0 unspecified atom stereocenters. The molecule has 0 radical (unpaired) electrons. The Morgan fingerprint density at radius 3 is 2.48 bits per heavy atom. The van der Waals surface area contributed by atoms with Crippen molar-refractivity contribution < 1.29 is 19.1 Å². The van der Waals surface area contributed by atoms with Gasteiger partial charge in [-0.05, 0) is 23.6 Å². The van der Waals surface area contributed by atoms with Crippen LogP contribution in [0.3, 0.4) is 0 Å². The average Bonchev–Trinajstić information content (AvgIpc) is 3.12. The Hall–Kier alpha value is -2.67. The molecule has 6 nitrogen and oxygen atoms in total. The molecular weight excluding hydrogens is 316 g/mol. The van der Waals surface area contributed by atoms with Crippen molar-refractivity contribution in [2.45, 2.75) is 0 Å². The van der Waals surface area contributed by atoms with E-state index in [4.69, 9.17) is 4.74 Å². The van der Waals surface area contributed by atoms with Crippen LogP contribution in [0.1, 0.15) is 20.0 Å². The molecule has 2 amide bonds. The van der Waals surface area contributed by atoms with Crippen LogP contribution in [-0.4, -0.2) is 37.5 Å². The van der Waals surface area contributed by atoms with Gasteiger partial charge in [0.25, 0.3) is 5.91 Å². The zero-order valence-electron chi connectivity index (χ0n) is 12.3. The summed E-state index contributed by atoms with van der Waals surface area (Å²) in [7, 11) is 0. The van der Waals surface area contributed by atoms with E-state index in [0.29, 0.717) is 10.4 Å². The standard InChI is InChI=1S/C16H16N2O4S/c19-14(11-18-15(20)12-5-2-1-3-6-12)17-8-9-22-16(21)13-7-4-10-23-13/h1-7,10H,8-9,11H2,(H,17,19)(H,18,20). The van der Waals surface area contributed by atoms with Crippen LogP contribution in [0.2, 0.25) is 0 Å². The molecule has 0 saturated carbocycles. The molecule has 0 atom stereocenters. The van der Waals surface area contributed by atoms with Crippen LogP contribution in [0.15, 0.2) is 47.8 Å². The highest BCUT2D eigenvalue weighted by atomic mass is 32.1. The lowest BCUT2D eigenvalue weighted by Gasteiger charge is -2.07. The van der Waals surface area contributed by atoms with Crippen molar-refractivity contribution in [2.75, 3.05) is 19.7 Å². The number of benzene rings is 1. The Morgan fingerprint density at radius 1 is 1.00 bits per heavy atom. The first kappa shape index (κ1) is 16.7. The van der Waals surface area contributed by atoms with E-state index in [1.807, 2.05) is 0 Å². The molecule has 0 aliphatic rings. The number of ether oxygens (including phenoxy) is 1. The molecule has 0 aliphatic carbocycles. The normalized spacial score (nSPS) is 9.91. The maximum Gasteiger partial charge on any atom is 0.348 e. The summed E-state index contributed by atoms with van der Waals surface area (Å²) in [6.45, 7) is 0.138. The van der Waals surface area contributed by atoms with Gasteiger partial charge in [-0.1, -0.05) is 24.3 Å². The molecule has 7 heteroatoms. The van der Waals surface area contributed by atoms with Gasteiger partial charge in [0.1, 0.15) is 11.5 Å². The molecule has 2 aromatic rings. The summed E-state index contributed by atoms with van der Waals surface area (Å²) in [4.78, 5) is 35.4. The van der Waals surface area contributed by atoms with Crippen LogP contribution in [0.5, 0.6) is 0 Å². The second kappa shape index (κ2) is 8.70. The van der Waals surface area contributed by atoms with E-state index in [2.05, 4.69) is 10.6 Å². The molecule has 0 bridgehead atoms. The van der Waals surface area contributed by atoms with Crippen molar-refractivity contribution in [3.8, 4) is 0 Å². The molecule has 0 saturated heterocycles. The predicted molar refractivity (Wildman–Crippen MR) is 86.4 cm³/mol. The van der Waals surface area contributed by atoms with E-state index in [1.54, 1.807) is 47.8 Å². The van der Waals surface area contributed by atoms with Gasteiger partial charge >= 0.3 is 5.97 Å². The van der Waals surface area contributed by atoms with Gasteiger partial charge in [-0.25, -0.2) is 4.79 Å². The minimum atomic E-state index is -0.411. The lowest BCUT2D eigenvalue weighted by atomic mass is 10.2. The van der Waals surface area contributed by atoms with Crippen LogP contribution >= 0.6 is 11.3 Å². The molecule has 1 heterocycles. The predicted octanol–water partition coefficient (Wildman–Crippen LogP) is 1.45. The molecule has 0 fully saturated rings. The monoisotopic (exact) mass is 332 g/mol. The third-order valence-electron chi connectivity index (χ3n) is 2.83. The fraction of sp³-hybridized carbons (Fsp3) is 0.188. The van der Waals surface area contributed by atoms with E-state index >= 15 is 0 Å². The molecule has 1 aromatic carbocycles. The van der Waals surface area contributed by atoms with Crippen molar-refractivity contribution >= 4 is 29.1 Å². The van der Waals surface area contributed by atoms with E-state index in [-0.39, 0.29) is 31.5 Å². The summed E-state index contributed by atoms with van der Waals surface area (Å²) in [6, 6.07) is 12.1. The third-order valence-corrected chi connectivity index (χ3v) is 3.68. The Kier molecular flexibility index (Phi) is 6.31. The third kappa shape index (κ3) is 5.55. The van der Waals surface area contributed by atoms with Gasteiger partial charge in [0.15, 0.2) is 0 Å². The molecule has 1 aromatic heterocycles. The molecule has 0 spiro atoms. The van der Waals surface area contributed by atoms with Crippen LogP contribution in [0.25, 0.3) is 0 Å². The van der Waals surface area contributed by atoms with Gasteiger partial charge in [0, 0.05) is 5.56 Å². The van der Waals surface area contributed by atoms with E-state index in [1.165, 1.54) is 11.3 Å². The number of carbonyl (C=O) groups is 3. The molecule has 2 rings (SSSR count). The largest absolute Gasteiger partial charge is 0.460 e. The maximum absolute atomic E-state index is 11.7. The van der Waals surface area contributed by atoms with Crippen molar-refractivity contribution in [3.05, 3.63) is 58.3 Å². The quantitative estimate of drug-likeness (QED) is 0.594. The lowest BCUT2D eigenvalue weighted by Crippen LogP contribution is -2.38. The van der Waals surface area contributed by atoms with E-state index < -0.39 is 5.97 Å². The number of rotatable bonds is 7.